The maximum atomic E-state index is 13.6. The summed E-state index contributed by atoms with van der Waals surface area (Å²) in [4.78, 5) is 15.1. The van der Waals surface area contributed by atoms with Gasteiger partial charge in [-0.25, -0.2) is 4.39 Å². The van der Waals surface area contributed by atoms with Crippen LogP contribution in [0.25, 0.3) is 0 Å². The van der Waals surface area contributed by atoms with Crippen molar-refractivity contribution in [1.82, 2.24) is 4.98 Å². The predicted molar refractivity (Wildman–Crippen MR) is 89.2 cm³/mol. The molecule has 0 amide bonds. The molecule has 5 nitrogen and oxygen atoms in total. The van der Waals surface area contributed by atoms with Gasteiger partial charge in [-0.3, -0.25) is 15.1 Å². The van der Waals surface area contributed by atoms with Crippen LogP contribution in [0.4, 0.5) is 15.8 Å². The summed E-state index contributed by atoms with van der Waals surface area (Å²) in [5.41, 5.74) is 1.57. The second-order valence-electron chi connectivity index (χ2n) is 5.16. The standard InChI is InChI=1S/C18H14FN3O2/c19-14-7-5-6-13(12-14)18(16-9-3-4-11-20-16)21-15-8-1-2-10-17(15)22(23)24/h1-12,18,21H. The van der Waals surface area contributed by atoms with Gasteiger partial charge >= 0.3 is 0 Å². The Kier molecular flexibility index (Phi) is 4.47. The van der Waals surface area contributed by atoms with Gasteiger partial charge in [-0.05, 0) is 35.9 Å². The molecule has 1 unspecified atom stereocenters. The van der Waals surface area contributed by atoms with Crippen LogP contribution in [0.5, 0.6) is 0 Å². The Balaban J connectivity index is 2.05. The number of benzene rings is 2. The Bertz CT molecular complexity index is 856. The van der Waals surface area contributed by atoms with E-state index >= 15 is 0 Å². The van der Waals surface area contributed by atoms with Gasteiger partial charge in [-0.15, -0.1) is 0 Å². The first-order valence-electron chi connectivity index (χ1n) is 7.31. The van der Waals surface area contributed by atoms with E-state index < -0.39 is 11.0 Å². The average Bonchev–Trinajstić information content (AvgIpc) is 2.60. The molecule has 0 saturated heterocycles. The molecule has 0 aliphatic carbocycles. The molecule has 0 spiro atoms. The minimum absolute atomic E-state index is 0.0464. The Morgan fingerprint density at radius 2 is 1.83 bits per heavy atom. The fourth-order valence-electron chi connectivity index (χ4n) is 2.47. The maximum Gasteiger partial charge on any atom is 0.292 e. The molecule has 0 fully saturated rings. The minimum Gasteiger partial charge on any atom is -0.367 e. The third-order valence-corrected chi connectivity index (χ3v) is 3.57. The zero-order chi connectivity index (χ0) is 16.9. The van der Waals surface area contributed by atoms with Crippen molar-refractivity contribution in [2.45, 2.75) is 6.04 Å². The molecular formula is C18H14FN3O2. The lowest BCUT2D eigenvalue weighted by Crippen LogP contribution is -2.15. The summed E-state index contributed by atoms with van der Waals surface area (Å²) in [6, 6.07) is 17.3. The van der Waals surface area contributed by atoms with Crippen LogP contribution in [0, 0.1) is 15.9 Å². The highest BCUT2D eigenvalue weighted by atomic mass is 19.1. The minimum atomic E-state index is -0.511. The average molecular weight is 323 g/mol. The first-order valence-corrected chi connectivity index (χ1v) is 7.31. The fraction of sp³-hybridized carbons (Fsp3) is 0.0556. The van der Waals surface area contributed by atoms with Gasteiger partial charge < -0.3 is 5.32 Å². The monoisotopic (exact) mass is 323 g/mol. The van der Waals surface area contributed by atoms with E-state index in [1.54, 1.807) is 48.7 Å². The number of hydrogen-bond donors (Lipinski definition) is 1. The number of pyridine rings is 1. The zero-order valence-electron chi connectivity index (χ0n) is 12.6. The van der Waals surface area contributed by atoms with E-state index in [-0.39, 0.29) is 11.5 Å². The molecule has 24 heavy (non-hydrogen) atoms. The number of para-hydroxylation sites is 2. The van der Waals surface area contributed by atoms with Crippen LogP contribution >= 0.6 is 0 Å². The normalized spacial score (nSPS) is 11.7. The van der Waals surface area contributed by atoms with E-state index in [9.17, 15) is 14.5 Å². The number of aromatic nitrogens is 1. The molecule has 0 bridgehead atoms. The first-order chi connectivity index (χ1) is 11.6. The molecule has 6 heteroatoms. The lowest BCUT2D eigenvalue weighted by atomic mass is 10.0. The lowest BCUT2D eigenvalue weighted by molar-refractivity contribution is -0.384. The van der Waals surface area contributed by atoms with Gasteiger partial charge in [0.25, 0.3) is 5.69 Å². The van der Waals surface area contributed by atoms with Gasteiger partial charge in [-0.2, -0.15) is 0 Å². The number of nitrogens with zero attached hydrogens (tertiary/aromatic N) is 2. The van der Waals surface area contributed by atoms with Crippen molar-refractivity contribution in [2.75, 3.05) is 5.32 Å². The first kappa shape index (κ1) is 15.6. The highest BCUT2D eigenvalue weighted by molar-refractivity contribution is 5.63. The molecule has 1 atom stereocenters. The second kappa shape index (κ2) is 6.87. The molecule has 2 aromatic carbocycles. The molecule has 3 rings (SSSR count). The van der Waals surface area contributed by atoms with Crippen molar-refractivity contribution in [3.8, 4) is 0 Å². The zero-order valence-corrected chi connectivity index (χ0v) is 12.6. The van der Waals surface area contributed by atoms with Crippen molar-refractivity contribution in [1.29, 1.82) is 0 Å². The molecule has 1 N–H and O–H groups in total. The summed E-state index contributed by atoms with van der Waals surface area (Å²) in [6.45, 7) is 0. The summed E-state index contributed by atoms with van der Waals surface area (Å²) in [6.07, 6.45) is 1.63. The summed E-state index contributed by atoms with van der Waals surface area (Å²) in [5, 5.41) is 14.3. The van der Waals surface area contributed by atoms with Crippen LogP contribution < -0.4 is 5.32 Å². The third-order valence-electron chi connectivity index (χ3n) is 3.57. The van der Waals surface area contributed by atoms with Crippen molar-refractivity contribution < 1.29 is 9.31 Å². The van der Waals surface area contributed by atoms with Gasteiger partial charge in [0.05, 0.1) is 16.7 Å². The number of nitro groups is 1. The van der Waals surface area contributed by atoms with Crippen LogP contribution in [-0.2, 0) is 0 Å². The van der Waals surface area contributed by atoms with Gasteiger partial charge in [0, 0.05) is 12.3 Å². The molecule has 0 aliphatic rings. The Morgan fingerprint density at radius 3 is 2.54 bits per heavy atom. The van der Waals surface area contributed by atoms with Gasteiger partial charge in [0.1, 0.15) is 11.5 Å². The Morgan fingerprint density at radius 1 is 1.04 bits per heavy atom. The maximum absolute atomic E-state index is 13.6. The third kappa shape index (κ3) is 3.38. The van der Waals surface area contributed by atoms with Crippen molar-refractivity contribution in [3.63, 3.8) is 0 Å². The van der Waals surface area contributed by atoms with Gasteiger partial charge in [0.2, 0.25) is 0 Å². The number of rotatable bonds is 5. The van der Waals surface area contributed by atoms with Crippen LogP contribution in [0.15, 0.2) is 72.9 Å². The molecule has 0 saturated carbocycles. The Labute approximate surface area is 137 Å². The summed E-state index contributed by atoms with van der Waals surface area (Å²) in [7, 11) is 0. The molecular weight excluding hydrogens is 309 g/mol. The van der Waals surface area contributed by atoms with Crippen LogP contribution in [0.3, 0.4) is 0 Å². The molecule has 120 valence electrons. The smallest absolute Gasteiger partial charge is 0.292 e. The SMILES string of the molecule is O=[N+]([O-])c1ccccc1NC(c1cccc(F)c1)c1ccccn1. The Hall–Kier alpha value is -3.28. The second-order valence-corrected chi connectivity index (χ2v) is 5.16. The summed E-state index contributed by atoms with van der Waals surface area (Å²) >= 11 is 0. The predicted octanol–water partition coefficient (Wildman–Crippen LogP) is 4.33. The van der Waals surface area contributed by atoms with Gasteiger partial charge in [-0.1, -0.05) is 30.3 Å². The number of nitrogens with one attached hydrogen (secondary N) is 1. The molecule has 3 aromatic rings. The van der Waals surface area contributed by atoms with E-state index in [0.29, 0.717) is 16.9 Å². The molecule has 0 radical (unpaired) electrons. The molecule has 1 heterocycles. The number of anilines is 1. The summed E-state index contributed by atoms with van der Waals surface area (Å²) in [5.74, 6) is -0.377. The molecule has 0 aliphatic heterocycles. The van der Waals surface area contributed by atoms with Crippen molar-refractivity contribution in [3.05, 3.63) is 100 Å². The largest absolute Gasteiger partial charge is 0.367 e. The lowest BCUT2D eigenvalue weighted by Gasteiger charge is -2.20. The highest BCUT2D eigenvalue weighted by Crippen LogP contribution is 2.31. The van der Waals surface area contributed by atoms with E-state index in [0.717, 1.165) is 0 Å². The van der Waals surface area contributed by atoms with Crippen LogP contribution in [0.2, 0.25) is 0 Å². The van der Waals surface area contributed by atoms with E-state index in [1.807, 2.05) is 6.07 Å². The van der Waals surface area contributed by atoms with Crippen LogP contribution in [-0.4, -0.2) is 9.91 Å². The number of nitro benzene ring substituents is 1. The van der Waals surface area contributed by atoms with Gasteiger partial charge in [0.15, 0.2) is 0 Å². The quantitative estimate of drug-likeness (QED) is 0.560. The number of halogens is 1. The summed E-state index contributed by atoms with van der Waals surface area (Å²) < 4.78 is 13.6. The van der Waals surface area contributed by atoms with Crippen molar-refractivity contribution in [2.24, 2.45) is 0 Å². The highest BCUT2D eigenvalue weighted by Gasteiger charge is 2.20. The van der Waals surface area contributed by atoms with Crippen molar-refractivity contribution >= 4 is 11.4 Å². The topological polar surface area (TPSA) is 68.1 Å². The fourth-order valence-corrected chi connectivity index (χ4v) is 2.47. The van der Waals surface area contributed by atoms with Crippen LogP contribution in [0.1, 0.15) is 17.3 Å². The molecule has 1 aromatic heterocycles. The number of hydrogen-bond acceptors (Lipinski definition) is 4. The van der Waals surface area contributed by atoms with E-state index in [1.165, 1.54) is 18.2 Å². The van der Waals surface area contributed by atoms with E-state index in [2.05, 4.69) is 10.3 Å². The van der Waals surface area contributed by atoms with E-state index in [4.69, 9.17) is 0 Å².